The van der Waals surface area contributed by atoms with Gasteiger partial charge in [-0.3, -0.25) is 4.68 Å². The molecule has 0 bridgehead atoms. The Bertz CT molecular complexity index is 670. The molecule has 1 fully saturated rings. The second-order valence-electron chi connectivity index (χ2n) is 6.09. The first-order valence-corrected chi connectivity index (χ1v) is 7.23. The maximum Gasteiger partial charge on any atom is 0.331 e. The molecule has 1 unspecified atom stereocenters. The number of aromatic nitrogens is 5. The summed E-state index contributed by atoms with van der Waals surface area (Å²) >= 11 is 0. The molecule has 1 saturated heterocycles. The van der Waals surface area contributed by atoms with E-state index in [-0.39, 0.29) is 0 Å². The summed E-state index contributed by atoms with van der Waals surface area (Å²) in [7, 11) is 0. The third-order valence-electron chi connectivity index (χ3n) is 3.99. The Hall–Kier alpha value is -2.22. The van der Waals surface area contributed by atoms with Crippen LogP contribution in [0.4, 0.5) is 0 Å². The number of hydrogen-bond acceptors (Lipinski definition) is 5. The van der Waals surface area contributed by atoms with Gasteiger partial charge in [0, 0.05) is 30.8 Å². The van der Waals surface area contributed by atoms with Gasteiger partial charge in [-0.25, -0.2) is 9.48 Å². The zero-order valence-electron chi connectivity index (χ0n) is 12.6. The van der Waals surface area contributed by atoms with Crippen LogP contribution in [0.2, 0.25) is 0 Å². The Morgan fingerprint density at radius 1 is 1.50 bits per heavy atom. The first-order chi connectivity index (χ1) is 10.5. The molecular weight excluding hydrogens is 286 g/mol. The van der Waals surface area contributed by atoms with Gasteiger partial charge in [0.05, 0.1) is 19.0 Å². The number of carboxylic acids is 1. The average Bonchev–Trinajstić information content (AvgIpc) is 3.19. The van der Waals surface area contributed by atoms with Gasteiger partial charge in [-0.1, -0.05) is 5.21 Å². The van der Waals surface area contributed by atoms with Gasteiger partial charge in [-0.2, -0.15) is 5.10 Å². The quantitative estimate of drug-likeness (QED) is 0.885. The summed E-state index contributed by atoms with van der Waals surface area (Å²) in [5.74, 6) is -0.463. The van der Waals surface area contributed by atoms with E-state index in [0.717, 1.165) is 31.7 Å². The average molecular weight is 305 g/mol. The zero-order valence-corrected chi connectivity index (χ0v) is 12.6. The van der Waals surface area contributed by atoms with Crippen LogP contribution >= 0.6 is 0 Å². The molecule has 1 N–H and O–H groups in total. The summed E-state index contributed by atoms with van der Waals surface area (Å²) in [5, 5.41) is 21.5. The minimum atomic E-state index is -1.14. The number of carboxylic acid groups (broad SMARTS) is 1. The molecule has 0 amide bonds. The normalized spacial score (nSPS) is 18.7. The molecule has 118 valence electrons. The van der Waals surface area contributed by atoms with E-state index in [9.17, 15) is 9.90 Å². The number of carbonyl (C=O) groups is 1. The fourth-order valence-corrected chi connectivity index (χ4v) is 2.35. The number of rotatable bonds is 5. The maximum atomic E-state index is 11.2. The predicted octanol–water partition coefficient (Wildman–Crippen LogP) is 0.998. The highest BCUT2D eigenvalue weighted by atomic mass is 16.5. The molecule has 0 aliphatic carbocycles. The molecule has 1 atom stereocenters. The van der Waals surface area contributed by atoms with Crippen molar-refractivity contribution in [1.29, 1.82) is 0 Å². The van der Waals surface area contributed by atoms with Gasteiger partial charge in [0.25, 0.3) is 0 Å². The lowest BCUT2D eigenvalue weighted by Crippen LogP contribution is -2.36. The summed E-state index contributed by atoms with van der Waals surface area (Å²) in [6.45, 7) is 5.57. The Morgan fingerprint density at radius 2 is 2.32 bits per heavy atom. The summed E-state index contributed by atoms with van der Waals surface area (Å²) < 4.78 is 8.59. The number of aliphatic carboxylic acids is 1. The first kappa shape index (κ1) is 14.7. The summed E-state index contributed by atoms with van der Waals surface area (Å²) in [6.07, 6.45) is 6.31. The number of nitrogens with zero attached hydrogens (tertiary/aromatic N) is 5. The molecule has 2 aromatic heterocycles. The highest BCUT2D eigenvalue weighted by molar-refractivity contribution is 5.75. The van der Waals surface area contributed by atoms with E-state index in [2.05, 4.69) is 15.4 Å². The van der Waals surface area contributed by atoms with Crippen LogP contribution in [-0.4, -0.2) is 49.1 Å². The topological polar surface area (TPSA) is 95.1 Å². The van der Waals surface area contributed by atoms with Crippen molar-refractivity contribution >= 4 is 5.97 Å². The molecule has 1 aliphatic heterocycles. The number of hydrogen-bond donors (Lipinski definition) is 1. The van der Waals surface area contributed by atoms with Crippen LogP contribution in [0.25, 0.3) is 11.3 Å². The van der Waals surface area contributed by atoms with Crippen LogP contribution in [0.3, 0.4) is 0 Å². The van der Waals surface area contributed by atoms with Crippen LogP contribution in [0.15, 0.2) is 18.6 Å². The van der Waals surface area contributed by atoms with Crippen molar-refractivity contribution in [3.05, 3.63) is 18.6 Å². The van der Waals surface area contributed by atoms with Crippen molar-refractivity contribution < 1.29 is 14.6 Å². The van der Waals surface area contributed by atoms with Gasteiger partial charge in [-0.15, -0.1) is 5.10 Å². The largest absolute Gasteiger partial charge is 0.479 e. The lowest BCUT2D eigenvalue weighted by atomic mass is 10.1. The van der Waals surface area contributed by atoms with E-state index in [1.807, 2.05) is 10.9 Å². The van der Waals surface area contributed by atoms with E-state index in [4.69, 9.17) is 4.74 Å². The smallest absolute Gasteiger partial charge is 0.331 e. The summed E-state index contributed by atoms with van der Waals surface area (Å²) in [4.78, 5) is 11.2. The van der Waals surface area contributed by atoms with Gasteiger partial charge < -0.3 is 9.84 Å². The molecule has 22 heavy (non-hydrogen) atoms. The molecule has 8 nitrogen and oxygen atoms in total. The maximum absolute atomic E-state index is 11.2. The predicted molar refractivity (Wildman–Crippen MR) is 77.1 cm³/mol. The Balaban J connectivity index is 1.76. The SMILES string of the molecule is CC(C)(C(=O)O)n1cc(-c2cnn(CC3CCOC3)c2)nn1. The molecule has 8 heteroatoms. The Kier molecular flexibility index (Phi) is 3.69. The monoisotopic (exact) mass is 305 g/mol. The molecule has 3 heterocycles. The van der Waals surface area contributed by atoms with Crippen molar-refractivity contribution in [3.63, 3.8) is 0 Å². The zero-order chi connectivity index (χ0) is 15.7. The minimum Gasteiger partial charge on any atom is -0.479 e. The fourth-order valence-electron chi connectivity index (χ4n) is 2.35. The van der Waals surface area contributed by atoms with Crippen LogP contribution < -0.4 is 0 Å². The van der Waals surface area contributed by atoms with E-state index in [1.165, 1.54) is 4.68 Å². The van der Waals surface area contributed by atoms with Gasteiger partial charge in [0.2, 0.25) is 0 Å². The molecule has 0 saturated carbocycles. The van der Waals surface area contributed by atoms with E-state index in [0.29, 0.717) is 11.6 Å². The second-order valence-corrected chi connectivity index (χ2v) is 6.09. The van der Waals surface area contributed by atoms with E-state index < -0.39 is 11.5 Å². The first-order valence-electron chi connectivity index (χ1n) is 7.23. The highest BCUT2D eigenvalue weighted by Gasteiger charge is 2.31. The lowest BCUT2D eigenvalue weighted by Gasteiger charge is -2.18. The molecule has 3 rings (SSSR count). The van der Waals surface area contributed by atoms with Crippen LogP contribution in [0.5, 0.6) is 0 Å². The molecule has 1 aliphatic rings. The van der Waals surface area contributed by atoms with E-state index >= 15 is 0 Å². The standard InChI is InChI=1S/C14H19N5O3/c1-14(2,13(20)21)19-8-12(16-17-19)11-5-15-18(7-11)6-10-3-4-22-9-10/h5,7-8,10H,3-4,6,9H2,1-2H3,(H,20,21). The van der Waals surface area contributed by atoms with Crippen molar-refractivity contribution in [2.24, 2.45) is 5.92 Å². The van der Waals surface area contributed by atoms with Gasteiger partial charge in [0.1, 0.15) is 5.69 Å². The van der Waals surface area contributed by atoms with Gasteiger partial charge in [-0.05, 0) is 20.3 Å². The van der Waals surface area contributed by atoms with Crippen molar-refractivity contribution in [3.8, 4) is 11.3 Å². The van der Waals surface area contributed by atoms with Gasteiger partial charge in [0.15, 0.2) is 5.54 Å². The molecule has 0 spiro atoms. The highest BCUT2D eigenvalue weighted by Crippen LogP contribution is 2.21. The summed E-state index contributed by atoms with van der Waals surface area (Å²) in [5.41, 5.74) is 0.303. The van der Waals surface area contributed by atoms with Crippen molar-refractivity contribution in [1.82, 2.24) is 24.8 Å². The van der Waals surface area contributed by atoms with Crippen LogP contribution in [-0.2, 0) is 21.6 Å². The van der Waals surface area contributed by atoms with E-state index in [1.54, 1.807) is 26.2 Å². The Labute approximate surface area is 127 Å². The molecule has 2 aromatic rings. The third-order valence-corrected chi connectivity index (χ3v) is 3.99. The second kappa shape index (κ2) is 5.53. The number of ether oxygens (including phenoxy) is 1. The molecule has 0 radical (unpaired) electrons. The van der Waals surface area contributed by atoms with Crippen LogP contribution in [0, 0.1) is 5.92 Å². The van der Waals surface area contributed by atoms with Crippen molar-refractivity contribution in [2.75, 3.05) is 13.2 Å². The van der Waals surface area contributed by atoms with Crippen LogP contribution in [0.1, 0.15) is 20.3 Å². The molecule has 0 aromatic carbocycles. The van der Waals surface area contributed by atoms with Crippen molar-refractivity contribution in [2.45, 2.75) is 32.4 Å². The van der Waals surface area contributed by atoms with Gasteiger partial charge >= 0.3 is 5.97 Å². The third kappa shape index (κ3) is 2.74. The minimum absolute atomic E-state index is 0.495. The molecular formula is C14H19N5O3. The Morgan fingerprint density at radius 3 is 3.00 bits per heavy atom. The lowest BCUT2D eigenvalue weighted by molar-refractivity contribution is -0.146. The summed E-state index contributed by atoms with van der Waals surface area (Å²) in [6, 6.07) is 0. The fraction of sp³-hybridized carbons (Fsp3) is 0.571.